The highest BCUT2D eigenvalue weighted by atomic mass is 19.1. The molecular formula is C14H20FN5. The van der Waals surface area contributed by atoms with Crippen molar-refractivity contribution in [1.82, 2.24) is 19.9 Å². The third-order valence-electron chi connectivity index (χ3n) is 3.49. The summed E-state index contributed by atoms with van der Waals surface area (Å²) in [6, 6.07) is 6.88. The molecule has 0 amide bonds. The van der Waals surface area contributed by atoms with Gasteiger partial charge in [0, 0.05) is 30.9 Å². The fourth-order valence-electron chi connectivity index (χ4n) is 2.05. The van der Waals surface area contributed by atoms with E-state index >= 15 is 0 Å². The summed E-state index contributed by atoms with van der Waals surface area (Å²) in [5.74, 6) is -0.168. The van der Waals surface area contributed by atoms with Gasteiger partial charge in [0.25, 0.3) is 0 Å². The minimum Gasteiger partial charge on any atom is -0.325 e. The molecule has 0 aliphatic rings. The van der Waals surface area contributed by atoms with E-state index in [-0.39, 0.29) is 11.9 Å². The SMILES string of the molecule is CC(c1ccccc1F)N(C)CCn1cc(CN)nn1. The minimum absolute atomic E-state index is 0.00806. The maximum Gasteiger partial charge on any atom is 0.127 e. The second-order valence-electron chi connectivity index (χ2n) is 4.86. The van der Waals surface area contributed by atoms with Crippen LogP contribution in [0.1, 0.15) is 24.2 Å². The molecule has 0 aliphatic carbocycles. The molecule has 0 saturated heterocycles. The summed E-state index contributed by atoms with van der Waals surface area (Å²) in [6.45, 7) is 3.83. The quantitative estimate of drug-likeness (QED) is 0.870. The molecule has 20 heavy (non-hydrogen) atoms. The lowest BCUT2D eigenvalue weighted by molar-refractivity contribution is 0.242. The largest absolute Gasteiger partial charge is 0.325 e. The summed E-state index contributed by atoms with van der Waals surface area (Å²) in [6.07, 6.45) is 1.83. The number of nitrogens with zero attached hydrogens (tertiary/aromatic N) is 4. The molecule has 5 nitrogen and oxygen atoms in total. The Balaban J connectivity index is 1.94. The van der Waals surface area contributed by atoms with Crippen molar-refractivity contribution in [3.63, 3.8) is 0 Å². The summed E-state index contributed by atoms with van der Waals surface area (Å²) < 4.78 is 15.5. The van der Waals surface area contributed by atoms with Crippen molar-refractivity contribution in [3.8, 4) is 0 Å². The summed E-state index contributed by atoms with van der Waals surface area (Å²) in [7, 11) is 1.97. The first-order valence-corrected chi connectivity index (χ1v) is 6.65. The van der Waals surface area contributed by atoms with Crippen LogP contribution in [0.5, 0.6) is 0 Å². The van der Waals surface area contributed by atoms with Crippen LogP contribution < -0.4 is 5.73 Å². The van der Waals surface area contributed by atoms with Gasteiger partial charge in [-0.2, -0.15) is 0 Å². The Kier molecular flexibility index (Phi) is 4.81. The first kappa shape index (κ1) is 14.6. The van der Waals surface area contributed by atoms with E-state index in [9.17, 15) is 4.39 Å². The van der Waals surface area contributed by atoms with Gasteiger partial charge in [-0.05, 0) is 20.0 Å². The second kappa shape index (κ2) is 6.58. The first-order chi connectivity index (χ1) is 9.61. The Bertz CT molecular complexity index is 554. The maximum absolute atomic E-state index is 13.7. The van der Waals surface area contributed by atoms with Crippen molar-refractivity contribution in [1.29, 1.82) is 0 Å². The van der Waals surface area contributed by atoms with Crippen LogP contribution in [0.2, 0.25) is 0 Å². The van der Waals surface area contributed by atoms with E-state index in [1.807, 2.05) is 32.3 Å². The van der Waals surface area contributed by atoms with Crippen LogP contribution in [-0.4, -0.2) is 33.5 Å². The number of aromatic nitrogens is 3. The van der Waals surface area contributed by atoms with Crippen LogP contribution in [0.25, 0.3) is 0 Å². The summed E-state index contributed by atoms with van der Waals surface area (Å²) >= 11 is 0. The number of rotatable bonds is 6. The van der Waals surface area contributed by atoms with E-state index in [2.05, 4.69) is 15.2 Å². The van der Waals surface area contributed by atoms with Gasteiger partial charge in [0.2, 0.25) is 0 Å². The van der Waals surface area contributed by atoms with E-state index in [1.165, 1.54) is 6.07 Å². The Hall–Kier alpha value is -1.79. The molecule has 108 valence electrons. The molecule has 1 heterocycles. The van der Waals surface area contributed by atoms with Crippen molar-refractivity contribution in [2.45, 2.75) is 26.1 Å². The average molecular weight is 277 g/mol. The zero-order chi connectivity index (χ0) is 14.5. The van der Waals surface area contributed by atoms with Gasteiger partial charge in [0.15, 0.2) is 0 Å². The fourth-order valence-corrected chi connectivity index (χ4v) is 2.05. The average Bonchev–Trinajstić information content (AvgIpc) is 2.92. The molecule has 0 aliphatic heterocycles. The zero-order valence-electron chi connectivity index (χ0n) is 11.8. The van der Waals surface area contributed by atoms with Gasteiger partial charge in [0.05, 0.1) is 12.2 Å². The third kappa shape index (κ3) is 3.40. The number of nitrogens with two attached hydrogens (primary N) is 1. The number of hydrogen-bond acceptors (Lipinski definition) is 4. The Morgan fingerprint density at radius 3 is 2.80 bits per heavy atom. The van der Waals surface area contributed by atoms with Crippen LogP contribution in [-0.2, 0) is 13.1 Å². The standard InChI is InChI=1S/C14H20FN5/c1-11(13-5-3-4-6-14(13)15)19(2)7-8-20-10-12(9-16)17-18-20/h3-6,10-11H,7-9,16H2,1-2H3. The molecule has 0 spiro atoms. The highest BCUT2D eigenvalue weighted by molar-refractivity contribution is 5.20. The van der Waals surface area contributed by atoms with E-state index in [4.69, 9.17) is 5.73 Å². The Labute approximate surface area is 118 Å². The van der Waals surface area contributed by atoms with Crippen molar-refractivity contribution in [3.05, 3.63) is 47.5 Å². The van der Waals surface area contributed by atoms with Gasteiger partial charge in [-0.1, -0.05) is 23.4 Å². The number of halogens is 1. The highest BCUT2D eigenvalue weighted by Crippen LogP contribution is 2.21. The van der Waals surface area contributed by atoms with Crippen molar-refractivity contribution >= 4 is 0 Å². The lowest BCUT2D eigenvalue weighted by atomic mass is 10.1. The normalized spacial score (nSPS) is 12.8. The smallest absolute Gasteiger partial charge is 0.127 e. The zero-order valence-corrected chi connectivity index (χ0v) is 11.8. The van der Waals surface area contributed by atoms with Crippen LogP contribution in [0.15, 0.2) is 30.5 Å². The molecule has 2 aromatic rings. The lowest BCUT2D eigenvalue weighted by Crippen LogP contribution is -2.27. The van der Waals surface area contributed by atoms with E-state index in [1.54, 1.807) is 10.7 Å². The van der Waals surface area contributed by atoms with Gasteiger partial charge in [0.1, 0.15) is 5.82 Å². The van der Waals surface area contributed by atoms with Crippen molar-refractivity contribution in [2.75, 3.05) is 13.6 Å². The fraction of sp³-hybridized carbons (Fsp3) is 0.429. The molecule has 0 bridgehead atoms. The molecule has 2 rings (SSSR count). The van der Waals surface area contributed by atoms with E-state index < -0.39 is 0 Å². The molecule has 1 atom stereocenters. The molecule has 1 aromatic heterocycles. The Morgan fingerprint density at radius 1 is 1.40 bits per heavy atom. The monoisotopic (exact) mass is 277 g/mol. The molecule has 6 heteroatoms. The van der Waals surface area contributed by atoms with Gasteiger partial charge in [-0.3, -0.25) is 9.58 Å². The van der Waals surface area contributed by atoms with Crippen LogP contribution in [0.4, 0.5) is 4.39 Å². The topological polar surface area (TPSA) is 60.0 Å². The van der Waals surface area contributed by atoms with Crippen LogP contribution >= 0.6 is 0 Å². The predicted octanol–water partition coefficient (Wildman–Crippen LogP) is 1.57. The predicted molar refractivity (Wildman–Crippen MR) is 75.4 cm³/mol. The summed E-state index contributed by atoms with van der Waals surface area (Å²) in [5, 5.41) is 7.93. The van der Waals surface area contributed by atoms with Gasteiger partial charge in [-0.25, -0.2) is 4.39 Å². The van der Waals surface area contributed by atoms with Gasteiger partial charge < -0.3 is 5.73 Å². The van der Waals surface area contributed by atoms with E-state index in [0.29, 0.717) is 18.7 Å². The molecule has 1 aromatic carbocycles. The number of hydrogen-bond donors (Lipinski definition) is 1. The molecular weight excluding hydrogens is 257 g/mol. The Morgan fingerprint density at radius 2 is 2.15 bits per heavy atom. The first-order valence-electron chi connectivity index (χ1n) is 6.65. The summed E-state index contributed by atoms with van der Waals surface area (Å²) in [4.78, 5) is 2.09. The number of likely N-dealkylation sites (N-methyl/N-ethyl adjacent to an activating group) is 1. The van der Waals surface area contributed by atoms with Crippen LogP contribution in [0, 0.1) is 5.82 Å². The molecule has 2 N–H and O–H groups in total. The molecule has 0 fully saturated rings. The number of benzene rings is 1. The third-order valence-corrected chi connectivity index (χ3v) is 3.49. The maximum atomic E-state index is 13.7. The van der Waals surface area contributed by atoms with E-state index in [0.717, 1.165) is 12.2 Å². The van der Waals surface area contributed by atoms with Gasteiger partial charge >= 0.3 is 0 Å². The lowest BCUT2D eigenvalue weighted by Gasteiger charge is -2.25. The van der Waals surface area contributed by atoms with Gasteiger partial charge in [-0.15, -0.1) is 5.10 Å². The summed E-state index contributed by atoms with van der Waals surface area (Å²) in [5.41, 5.74) is 6.97. The van der Waals surface area contributed by atoms with Crippen LogP contribution in [0.3, 0.4) is 0 Å². The molecule has 0 radical (unpaired) electrons. The second-order valence-corrected chi connectivity index (χ2v) is 4.86. The highest BCUT2D eigenvalue weighted by Gasteiger charge is 2.15. The molecule has 0 saturated carbocycles. The minimum atomic E-state index is -0.168. The van der Waals surface area contributed by atoms with Crippen molar-refractivity contribution < 1.29 is 4.39 Å². The molecule has 1 unspecified atom stereocenters. The van der Waals surface area contributed by atoms with Crippen molar-refractivity contribution in [2.24, 2.45) is 5.73 Å².